The number of nitrogens with zero attached hydrogens (tertiary/aromatic N) is 4. The predicted molar refractivity (Wildman–Crippen MR) is 50.8 cm³/mol. The molecule has 0 saturated heterocycles. The molecule has 1 aromatic heterocycles. The lowest BCUT2D eigenvalue weighted by Crippen LogP contribution is -2.16. The zero-order valence-corrected chi connectivity index (χ0v) is 7.52. The van der Waals surface area contributed by atoms with Crippen molar-refractivity contribution in [3.8, 4) is 0 Å². The molecule has 0 N–H and O–H groups in total. The fourth-order valence-corrected chi connectivity index (χ4v) is 1.04. The van der Waals surface area contributed by atoms with Crippen LogP contribution in [0.15, 0.2) is 28.5 Å². The second kappa shape index (κ2) is 2.97. The summed E-state index contributed by atoms with van der Waals surface area (Å²) in [6.07, 6.45) is 1.76. The molecular formula is C9H9N4. The third-order valence-electron chi connectivity index (χ3n) is 1.73. The van der Waals surface area contributed by atoms with Gasteiger partial charge in [-0.15, -0.1) is 10.2 Å². The van der Waals surface area contributed by atoms with E-state index in [1.165, 1.54) is 0 Å². The second-order valence-electron chi connectivity index (χ2n) is 2.87. The summed E-state index contributed by atoms with van der Waals surface area (Å²) in [7, 11) is 0. The molecular weight excluding hydrogens is 164 g/mol. The Labute approximate surface area is 76.4 Å². The van der Waals surface area contributed by atoms with Crippen LogP contribution in [-0.4, -0.2) is 16.7 Å². The first kappa shape index (κ1) is 7.91. The van der Waals surface area contributed by atoms with E-state index >= 15 is 0 Å². The zero-order chi connectivity index (χ0) is 9.26. The molecule has 4 nitrogen and oxygen atoms in total. The van der Waals surface area contributed by atoms with Crippen molar-refractivity contribution in [1.82, 2.24) is 10.3 Å². The standard InChI is InChI=1S/C9H9N4/c1-6-3-4-8(5-10-6)9-11-7(2)12-13-9/h3-5H,1-2H3. The van der Waals surface area contributed by atoms with Crippen molar-refractivity contribution >= 4 is 11.7 Å². The molecule has 0 unspecified atom stereocenters. The van der Waals surface area contributed by atoms with E-state index < -0.39 is 0 Å². The molecule has 0 aromatic carbocycles. The lowest BCUT2D eigenvalue weighted by Gasteiger charge is -1.98. The molecule has 13 heavy (non-hydrogen) atoms. The van der Waals surface area contributed by atoms with E-state index in [9.17, 15) is 0 Å². The fourth-order valence-electron chi connectivity index (χ4n) is 1.04. The smallest absolute Gasteiger partial charge is 0.185 e. The van der Waals surface area contributed by atoms with Gasteiger partial charge < -0.3 is 0 Å². The van der Waals surface area contributed by atoms with Crippen LogP contribution in [0.25, 0.3) is 0 Å². The quantitative estimate of drug-likeness (QED) is 0.627. The zero-order valence-electron chi connectivity index (χ0n) is 7.52. The highest BCUT2D eigenvalue weighted by Gasteiger charge is 2.11. The molecule has 0 amide bonds. The van der Waals surface area contributed by atoms with Crippen molar-refractivity contribution in [2.75, 3.05) is 0 Å². The number of hydrogen-bond acceptors (Lipinski definition) is 3. The molecule has 1 radical (unpaired) electrons. The maximum absolute atomic E-state index is 4.16. The average molecular weight is 173 g/mol. The van der Waals surface area contributed by atoms with Gasteiger partial charge in [-0.1, -0.05) is 0 Å². The molecule has 1 aliphatic rings. The second-order valence-corrected chi connectivity index (χ2v) is 2.87. The van der Waals surface area contributed by atoms with Crippen LogP contribution in [0.4, 0.5) is 0 Å². The molecule has 65 valence electrons. The minimum atomic E-state index is 0.644. The minimum absolute atomic E-state index is 0.644. The van der Waals surface area contributed by atoms with Gasteiger partial charge in [0, 0.05) is 17.5 Å². The molecule has 0 atom stereocenters. The summed E-state index contributed by atoms with van der Waals surface area (Å²) < 4.78 is 0. The van der Waals surface area contributed by atoms with Crippen molar-refractivity contribution < 1.29 is 0 Å². The largest absolute Gasteiger partial charge is 0.261 e. The lowest BCUT2D eigenvalue weighted by molar-refractivity contribution is 1.18. The van der Waals surface area contributed by atoms with E-state index in [4.69, 9.17) is 0 Å². The number of pyridine rings is 1. The van der Waals surface area contributed by atoms with Gasteiger partial charge in [-0.25, -0.2) is 5.32 Å². The third-order valence-corrected chi connectivity index (χ3v) is 1.73. The van der Waals surface area contributed by atoms with Gasteiger partial charge in [0.15, 0.2) is 5.84 Å². The molecule has 0 bridgehead atoms. The summed E-state index contributed by atoms with van der Waals surface area (Å²) in [5.41, 5.74) is 1.89. The predicted octanol–water partition coefficient (Wildman–Crippen LogP) is 1.09. The summed E-state index contributed by atoms with van der Waals surface area (Å²) in [6, 6.07) is 3.87. The van der Waals surface area contributed by atoms with Gasteiger partial charge in [-0.05, 0) is 26.0 Å². The van der Waals surface area contributed by atoms with Gasteiger partial charge in [0.25, 0.3) is 0 Å². The van der Waals surface area contributed by atoms with E-state index in [2.05, 4.69) is 20.5 Å². The molecule has 2 rings (SSSR count). The van der Waals surface area contributed by atoms with Crippen LogP contribution in [0.1, 0.15) is 18.2 Å². The van der Waals surface area contributed by atoms with Crippen LogP contribution in [0.5, 0.6) is 0 Å². The lowest BCUT2D eigenvalue weighted by atomic mass is 10.2. The first-order valence-electron chi connectivity index (χ1n) is 4.03. The van der Waals surface area contributed by atoms with E-state index in [1.54, 1.807) is 6.20 Å². The number of hydrogen-bond donors (Lipinski definition) is 0. The van der Waals surface area contributed by atoms with Crippen LogP contribution in [0, 0.1) is 6.92 Å². The van der Waals surface area contributed by atoms with Crippen LogP contribution in [0.2, 0.25) is 0 Å². The molecule has 1 aromatic rings. The summed E-state index contributed by atoms with van der Waals surface area (Å²) in [5, 5.41) is 11.9. The summed E-state index contributed by atoms with van der Waals surface area (Å²) in [6.45, 7) is 3.76. The fraction of sp³-hybridized carbons (Fsp3) is 0.222. The van der Waals surface area contributed by atoms with Gasteiger partial charge in [-0.2, -0.15) is 0 Å². The van der Waals surface area contributed by atoms with Crippen LogP contribution >= 0.6 is 0 Å². The monoisotopic (exact) mass is 173 g/mol. The number of amidine groups is 2. The van der Waals surface area contributed by atoms with E-state index in [0.717, 1.165) is 11.3 Å². The SMILES string of the molecule is CC1=NN=C(c2ccc(C)nc2)[N]1. The number of aryl methyl sites for hydroxylation is 1. The molecule has 0 fully saturated rings. The Balaban J connectivity index is 2.24. The maximum atomic E-state index is 4.16. The summed E-state index contributed by atoms with van der Waals surface area (Å²) in [4.78, 5) is 4.16. The minimum Gasteiger partial charge on any atom is -0.261 e. The van der Waals surface area contributed by atoms with Crippen LogP contribution in [-0.2, 0) is 0 Å². The van der Waals surface area contributed by atoms with Crippen LogP contribution in [0.3, 0.4) is 0 Å². The average Bonchev–Trinajstić information content (AvgIpc) is 2.53. The van der Waals surface area contributed by atoms with Gasteiger partial charge in [0.2, 0.25) is 0 Å². The summed E-state index contributed by atoms with van der Waals surface area (Å²) >= 11 is 0. The Hall–Kier alpha value is -1.71. The molecule has 1 aliphatic heterocycles. The van der Waals surface area contributed by atoms with Gasteiger partial charge in [0.1, 0.15) is 5.84 Å². The highest BCUT2D eigenvalue weighted by atomic mass is 15.3. The first-order chi connectivity index (χ1) is 6.25. The van der Waals surface area contributed by atoms with Crippen LogP contribution < -0.4 is 5.32 Å². The van der Waals surface area contributed by atoms with Gasteiger partial charge in [0.05, 0.1) is 0 Å². The Bertz CT molecular complexity index is 375. The molecule has 0 saturated carbocycles. The third kappa shape index (κ3) is 1.56. The van der Waals surface area contributed by atoms with Gasteiger partial charge >= 0.3 is 0 Å². The van der Waals surface area contributed by atoms with Crippen molar-refractivity contribution in [3.05, 3.63) is 29.6 Å². The highest BCUT2D eigenvalue weighted by molar-refractivity contribution is 6.10. The molecule has 0 aliphatic carbocycles. The Morgan fingerprint density at radius 3 is 2.46 bits per heavy atom. The topological polar surface area (TPSA) is 51.7 Å². The molecule has 4 heteroatoms. The molecule has 2 heterocycles. The van der Waals surface area contributed by atoms with Crippen molar-refractivity contribution in [2.45, 2.75) is 13.8 Å². The van der Waals surface area contributed by atoms with E-state index in [-0.39, 0.29) is 0 Å². The van der Waals surface area contributed by atoms with E-state index in [0.29, 0.717) is 11.7 Å². The van der Waals surface area contributed by atoms with Crippen molar-refractivity contribution in [1.29, 1.82) is 0 Å². The Kier molecular flexibility index (Phi) is 1.81. The maximum Gasteiger partial charge on any atom is 0.185 e. The number of aromatic nitrogens is 1. The van der Waals surface area contributed by atoms with Gasteiger partial charge in [-0.3, -0.25) is 4.98 Å². The highest BCUT2D eigenvalue weighted by Crippen LogP contribution is 2.04. The van der Waals surface area contributed by atoms with E-state index in [1.807, 2.05) is 26.0 Å². The number of rotatable bonds is 1. The Morgan fingerprint density at radius 2 is 1.92 bits per heavy atom. The first-order valence-corrected chi connectivity index (χ1v) is 4.03. The normalized spacial score (nSPS) is 14.9. The Morgan fingerprint density at radius 1 is 1.08 bits per heavy atom. The molecule has 0 spiro atoms. The van der Waals surface area contributed by atoms with Crippen molar-refractivity contribution in [2.24, 2.45) is 10.2 Å². The van der Waals surface area contributed by atoms with Crippen molar-refractivity contribution in [3.63, 3.8) is 0 Å². The summed E-state index contributed by atoms with van der Waals surface area (Å²) in [5.74, 6) is 1.33.